The van der Waals surface area contributed by atoms with Crippen molar-refractivity contribution in [1.82, 2.24) is 9.97 Å². The first-order chi connectivity index (χ1) is 15.9. The number of hydrogen-bond donors (Lipinski definition) is 3. The molecule has 0 saturated heterocycles. The van der Waals surface area contributed by atoms with E-state index in [0.717, 1.165) is 81.0 Å². The van der Waals surface area contributed by atoms with Crippen LogP contribution in [0.1, 0.15) is 89.3 Å². The van der Waals surface area contributed by atoms with Crippen molar-refractivity contribution in [3.05, 3.63) is 24.0 Å². The van der Waals surface area contributed by atoms with E-state index in [9.17, 15) is 10.2 Å². The molecule has 3 rings (SSSR count). The van der Waals surface area contributed by atoms with E-state index in [0.29, 0.717) is 24.4 Å². The van der Waals surface area contributed by atoms with Crippen LogP contribution in [0.15, 0.2) is 17.8 Å². The minimum absolute atomic E-state index is 0.173. The molecule has 1 atom stereocenters. The Balaban J connectivity index is 1.80. The molecule has 0 bridgehead atoms. The summed E-state index contributed by atoms with van der Waals surface area (Å²) >= 11 is 0. The number of aliphatic imine (C=N–C) groups is 1. The van der Waals surface area contributed by atoms with Crippen LogP contribution in [0.2, 0.25) is 0 Å². The fourth-order valence-corrected chi connectivity index (χ4v) is 4.97. The van der Waals surface area contributed by atoms with Crippen LogP contribution in [0.3, 0.4) is 0 Å². The van der Waals surface area contributed by atoms with Crippen molar-refractivity contribution in [2.75, 3.05) is 19.0 Å². The number of hydrogen-bond acceptors (Lipinski definition) is 7. The predicted octanol–water partition coefficient (Wildman–Crippen LogP) is 4.59. The molecule has 7 nitrogen and oxygen atoms in total. The van der Waals surface area contributed by atoms with Crippen molar-refractivity contribution in [1.29, 1.82) is 0 Å². The van der Waals surface area contributed by atoms with Gasteiger partial charge in [-0.1, -0.05) is 19.9 Å². The van der Waals surface area contributed by atoms with Crippen LogP contribution >= 0.6 is 0 Å². The van der Waals surface area contributed by atoms with E-state index in [4.69, 9.17) is 9.72 Å². The van der Waals surface area contributed by atoms with E-state index >= 15 is 0 Å². The average Bonchev–Trinajstić information content (AvgIpc) is 2.81. The molecule has 2 aliphatic rings. The fourth-order valence-electron chi connectivity index (χ4n) is 4.97. The highest BCUT2D eigenvalue weighted by Crippen LogP contribution is 2.35. The quantitative estimate of drug-likeness (QED) is 0.370. The second-order valence-corrected chi connectivity index (χ2v) is 9.83. The Bertz CT molecular complexity index is 797. The summed E-state index contributed by atoms with van der Waals surface area (Å²) in [5.41, 5.74) is 2.53. The van der Waals surface area contributed by atoms with Gasteiger partial charge in [-0.3, -0.25) is 4.99 Å². The maximum absolute atomic E-state index is 9.94. The first-order valence-corrected chi connectivity index (χ1v) is 12.7. The molecule has 1 aromatic rings. The van der Waals surface area contributed by atoms with Crippen LogP contribution in [0.25, 0.3) is 5.57 Å². The van der Waals surface area contributed by atoms with Gasteiger partial charge in [0.2, 0.25) is 11.8 Å². The van der Waals surface area contributed by atoms with E-state index < -0.39 is 0 Å². The van der Waals surface area contributed by atoms with E-state index in [1.165, 1.54) is 0 Å². The third kappa shape index (κ3) is 7.24. The number of nitrogens with one attached hydrogen (secondary N) is 1. The fraction of sp³-hybridized carbons (Fsp3) is 0.731. The SMILES string of the molecule is C=C(c1nc(NC(C)CCC)ncc1/C(=N\C)OC[C@H]1CC[C@@H](O)CC1)[C@H]1CC[C@H](O)CC1. The van der Waals surface area contributed by atoms with Crippen LogP contribution in [0.5, 0.6) is 0 Å². The molecule has 1 aromatic heterocycles. The zero-order valence-corrected chi connectivity index (χ0v) is 20.6. The van der Waals surface area contributed by atoms with Gasteiger partial charge >= 0.3 is 0 Å². The van der Waals surface area contributed by atoms with Crippen molar-refractivity contribution in [2.45, 2.75) is 96.3 Å². The predicted molar refractivity (Wildman–Crippen MR) is 133 cm³/mol. The molecule has 0 aromatic carbocycles. The Morgan fingerprint density at radius 3 is 2.39 bits per heavy atom. The number of ether oxygens (including phenoxy) is 1. The van der Waals surface area contributed by atoms with E-state index in [1.54, 1.807) is 13.2 Å². The standard InChI is InChI=1S/C26H42N4O3/c1-5-6-17(2)29-26-28-15-23(24(30-26)18(3)20-9-13-22(32)14-10-20)25(27-4)33-16-19-7-11-21(31)12-8-19/h15,17,19-22,31-32H,3,5-14,16H2,1-2,4H3,(H,28,29,30)/b27-25+/t17?,19-,20-,21+,22-. The van der Waals surface area contributed by atoms with Crippen molar-refractivity contribution in [3.8, 4) is 0 Å². The summed E-state index contributed by atoms with van der Waals surface area (Å²) in [6.07, 6.45) is 10.6. The molecule has 3 N–H and O–H groups in total. The summed E-state index contributed by atoms with van der Waals surface area (Å²) in [5, 5.41) is 23.1. The van der Waals surface area contributed by atoms with Gasteiger partial charge < -0.3 is 20.3 Å². The highest BCUT2D eigenvalue weighted by Gasteiger charge is 2.27. The summed E-state index contributed by atoms with van der Waals surface area (Å²) in [4.78, 5) is 13.9. The number of anilines is 1. The minimum Gasteiger partial charge on any atom is -0.477 e. The lowest BCUT2D eigenvalue weighted by Gasteiger charge is -2.28. The molecule has 1 heterocycles. The second-order valence-electron chi connectivity index (χ2n) is 9.83. The Hall–Kier alpha value is -1.99. The van der Waals surface area contributed by atoms with Gasteiger partial charge in [-0.2, -0.15) is 0 Å². The Kier molecular flexibility index (Phi) is 9.68. The highest BCUT2D eigenvalue weighted by atomic mass is 16.5. The summed E-state index contributed by atoms with van der Waals surface area (Å²) in [6, 6.07) is 0.281. The van der Waals surface area contributed by atoms with Gasteiger partial charge in [0.1, 0.15) is 0 Å². The van der Waals surface area contributed by atoms with Crippen molar-refractivity contribution >= 4 is 17.4 Å². The van der Waals surface area contributed by atoms with Gasteiger partial charge in [0.05, 0.1) is 30.1 Å². The molecular formula is C26H42N4O3. The van der Waals surface area contributed by atoms with Crippen LogP contribution in [-0.2, 0) is 4.74 Å². The zero-order valence-electron chi connectivity index (χ0n) is 20.6. The molecule has 2 saturated carbocycles. The van der Waals surface area contributed by atoms with E-state index in [-0.39, 0.29) is 24.2 Å². The minimum atomic E-state index is -0.212. The molecule has 0 aliphatic heterocycles. The van der Waals surface area contributed by atoms with E-state index in [1.807, 2.05) is 0 Å². The summed E-state index contributed by atoms with van der Waals surface area (Å²) in [6.45, 7) is 9.31. The lowest BCUT2D eigenvalue weighted by molar-refractivity contribution is 0.0897. The molecule has 0 radical (unpaired) electrons. The molecule has 2 aliphatic carbocycles. The number of aromatic nitrogens is 2. The lowest BCUT2D eigenvalue weighted by Crippen LogP contribution is -2.25. The van der Waals surface area contributed by atoms with Gasteiger partial charge in [-0.05, 0) is 82.1 Å². The van der Waals surface area contributed by atoms with Gasteiger partial charge in [-0.25, -0.2) is 9.97 Å². The van der Waals surface area contributed by atoms with Crippen LogP contribution < -0.4 is 5.32 Å². The van der Waals surface area contributed by atoms with Crippen molar-refractivity contribution < 1.29 is 14.9 Å². The van der Waals surface area contributed by atoms with Gasteiger partial charge in [0.15, 0.2) is 0 Å². The highest BCUT2D eigenvalue weighted by molar-refractivity contribution is 5.98. The molecule has 0 amide bonds. The summed E-state index contributed by atoms with van der Waals surface area (Å²) in [7, 11) is 1.74. The van der Waals surface area contributed by atoms with Gasteiger partial charge in [0.25, 0.3) is 0 Å². The van der Waals surface area contributed by atoms with Gasteiger partial charge in [-0.15, -0.1) is 0 Å². The zero-order chi connectivity index (χ0) is 23.8. The average molecular weight is 459 g/mol. The largest absolute Gasteiger partial charge is 0.477 e. The van der Waals surface area contributed by atoms with E-state index in [2.05, 4.69) is 35.7 Å². The van der Waals surface area contributed by atoms with Crippen LogP contribution in [0, 0.1) is 11.8 Å². The molecule has 7 heteroatoms. The molecule has 2 fully saturated rings. The monoisotopic (exact) mass is 458 g/mol. The summed E-state index contributed by atoms with van der Waals surface area (Å²) < 4.78 is 6.19. The number of rotatable bonds is 9. The Morgan fingerprint density at radius 1 is 1.15 bits per heavy atom. The lowest BCUT2D eigenvalue weighted by atomic mass is 9.81. The topological polar surface area (TPSA) is 99.9 Å². The number of nitrogens with zero attached hydrogens (tertiary/aromatic N) is 3. The van der Waals surface area contributed by atoms with Crippen LogP contribution in [0.4, 0.5) is 5.95 Å². The van der Waals surface area contributed by atoms with Gasteiger partial charge in [0, 0.05) is 19.3 Å². The molecule has 1 unspecified atom stereocenters. The van der Waals surface area contributed by atoms with Crippen molar-refractivity contribution in [3.63, 3.8) is 0 Å². The maximum atomic E-state index is 9.94. The Labute approximate surface area is 198 Å². The van der Waals surface area contributed by atoms with Crippen LogP contribution in [-0.4, -0.2) is 58.0 Å². The second kappa shape index (κ2) is 12.5. The Morgan fingerprint density at radius 2 is 1.79 bits per heavy atom. The summed E-state index contributed by atoms with van der Waals surface area (Å²) in [5.74, 6) is 1.85. The smallest absolute Gasteiger partial charge is 0.223 e. The normalized spacial score (nSPS) is 27.1. The first-order valence-electron chi connectivity index (χ1n) is 12.7. The molecule has 0 spiro atoms. The maximum Gasteiger partial charge on any atom is 0.223 e. The number of aliphatic hydroxyl groups excluding tert-OH is 2. The third-order valence-corrected chi connectivity index (χ3v) is 7.09. The molecule has 33 heavy (non-hydrogen) atoms. The number of allylic oxidation sites excluding steroid dienone is 1. The number of aliphatic hydroxyl groups is 2. The molecule has 184 valence electrons. The first kappa shape index (κ1) is 25.6. The third-order valence-electron chi connectivity index (χ3n) is 7.09. The molecular weight excluding hydrogens is 416 g/mol. The van der Waals surface area contributed by atoms with Crippen molar-refractivity contribution in [2.24, 2.45) is 16.8 Å².